The van der Waals surface area contributed by atoms with E-state index in [1.807, 2.05) is 0 Å². The average molecular weight is 415 g/mol. The zero-order chi connectivity index (χ0) is 20.8. The second-order valence-electron chi connectivity index (χ2n) is 7.44. The van der Waals surface area contributed by atoms with Gasteiger partial charge in [-0.2, -0.15) is 0 Å². The zero-order valence-corrected chi connectivity index (χ0v) is 17.3. The number of anilines is 1. The van der Waals surface area contributed by atoms with Gasteiger partial charge in [-0.1, -0.05) is 26.7 Å². The van der Waals surface area contributed by atoms with Crippen molar-refractivity contribution in [3.8, 4) is 0 Å². The molecular formula is C21H26N4O3S. The van der Waals surface area contributed by atoms with Gasteiger partial charge in [0.2, 0.25) is 0 Å². The summed E-state index contributed by atoms with van der Waals surface area (Å²) in [5.74, 6) is 0.743. The molecule has 1 aliphatic carbocycles. The van der Waals surface area contributed by atoms with Gasteiger partial charge in [0.05, 0.1) is 6.26 Å². The minimum Gasteiger partial charge on any atom is -0.459 e. The maximum Gasteiger partial charge on any atom is 0.291 e. The third-order valence-electron chi connectivity index (χ3n) is 5.46. The van der Waals surface area contributed by atoms with E-state index in [1.54, 1.807) is 36.4 Å². The van der Waals surface area contributed by atoms with Gasteiger partial charge in [0.15, 0.2) is 10.9 Å². The van der Waals surface area contributed by atoms with E-state index in [9.17, 15) is 9.59 Å². The van der Waals surface area contributed by atoms with Crippen LogP contribution in [0.15, 0.2) is 47.1 Å². The molecule has 2 aromatic rings. The van der Waals surface area contributed by atoms with Crippen LogP contribution in [0.1, 0.15) is 54.0 Å². The number of hydrazine groups is 1. The van der Waals surface area contributed by atoms with Crippen LogP contribution in [0.2, 0.25) is 0 Å². The van der Waals surface area contributed by atoms with Crippen LogP contribution < -0.4 is 21.5 Å². The highest BCUT2D eigenvalue weighted by atomic mass is 32.1. The summed E-state index contributed by atoms with van der Waals surface area (Å²) in [7, 11) is 0. The van der Waals surface area contributed by atoms with Crippen LogP contribution in [0, 0.1) is 11.8 Å². The molecule has 29 heavy (non-hydrogen) atoms. The van der Waals surface area contributed by atoms with Crippen molar-refractivity contribution in [2.75, 3.05) is 5.32 Å². The van der Waals surface area contributed by atoms with Crippen molar-refractivity contribution in [2.24, 2.45) is 11.8 Å². The number of carbonyl (C=O) groups is 2. The predicted molar refractivity (Wildman–Crippen MR) is 115 cm³/mol. The lowest BCUT2D eigenvalue weighted by Crippen LogP contribution is -2.52. The highest BCUT2D eigenvalue weighted by Gasteiger charge is 2.27. The van der Waals surface area contributed by atoms with Gasteiger partial charge in [0.1, 0.15) is 0 Å². The molecule has 1 aromatic carbocycles. The molecule has 0 bridgehead atoms. The Morgan fingerprint density at radius 2 is 1.79 bits per heavy atom. The first-order valence-corrected chi connectivity index (χ1v) is 10.2. The van der Waals surface area contributed by atoms with E-state index in [4.69, 9.17) is 16.6 Å². The van der Waals surface area contributed by atoms with E-state index in [1.165, 1.54) is 19.1 Å². The predicted octanol–water partition coefficient (Wildman–Crippen LogP) is 3.47. The van der Waals surface area contributed by atoms with Crippen molar-refractivity contribution < 1.29 is 14.0 Å². The van der Waals surface area contributed by atoms with Crippen molar-refractivity contribution in [1.82, 2.24) is 16.2 Å². The summed E-state index contributed by atoms with van der Waals surface area (Å²) >= 11 is 5.31. The van der Waals surface area contributed by atoms with E-state index in [2.05, 4.69) is 35.3 Å². The molecule has 1 fully saturated rings. The number of hydrogen-bond donors (Lipinski definition) is 4. The van der Waals surface area contributed by atoms with E-state index in [0.717, 1.165) is 6.42 Å². The molecule has 2 amide bonds. The summed E-state index contributed by atoms with van der Waals surface area (Å²) in [5.41, 5.74) is 6.37. The molecule has 0 saturated heterocycles. The Morgan fingerprint density at radius 3 is 2.48 bits per heavy atom. The van der Waals surface area contributed by atoms with E-state index < -0.39 is 0 Å². The smallest absolute Gasteiger partial charge is 0.291 e. The first-order valence-electron chi connectivity index (χ1n) is 9.76. The molecule has 0 spiro atoms. The summed E-state index contributed by atoms with van der Waals surface area (Å²) in [4.78, 5) is 24.3. The number of amides is 2. The second kappa shape index (κ2) is 9.56. The van der Waals surface area contributed by atoms with Crippen LogP contribution in [0.3, 0.4) is 0 Å². The Labute approximate surface area is 175 Å². The Kier molecular flexibility index (Phi) is 6.87. The SMILES string of the molecule is C[C@H]1[C@@H](NC(=S)NNC(=O)c2ccc(NC(=O)c3ccco3)cc2)CCC[C@@H]1C. The van der Waals surface area contributed by atoms with E-state index >= 15 is 0 Å². The van der Waals surface area contributed by atoms with Crippen molar-refractivity contribution >= 4 is 34.8 Å². The van der Waals surface area contributed by atoms with E-state index in [-0.39, 0.29) is 17.6 Å². The number of rotatable bonds is 4. The van der Waals surface area contributed by atoms with Crippen LogP contribution in [0.5, 0.6) is 0 Å². The molecule has 1 saturated carbocycles. The fraction of sp³-hybridized carbons (Fsp3) is 0.381. The molecule has 7 nitrogen and oxygen atoms in total. The molecule has 3 rings (SSSR count). The van der Waals surface area contributed by atoms with Crippen molar-refractivity contribution in [2.45, 2.75) is 39.2 Å². The lowest BCUT2D eigenvalue weighted by atomic mass is 9.78. The Hall–Kier alpha value is -2.87. The van der Waals surface area contributed by atoms with Gasteiger partial charge in [0, 0.05) is 17.3 Å². The Balaban J connectivity index is 1.46. The summed E-state index contributed by atoms with van der Waals surface area (Å²) in [6.07, 6.45) is 4.94. The summed E-state index contributed by atoms with van der Waals surface area (Å²) < 4.78 is 5.05. The van der Waals surface area contributed by atoms with Gasteiger partial charge >= 0.3 is 0 Å². The molecule has 1 aromatic heterocycles. The van der Waals surface area contributed by atoms with E-state index in [0.29, 0.717) is 34.2 Å². The summed E-state index contributed by atoms with van der Waals surface area (Å²) in [6.45, 7) is 4.49. The molecule has 0 radical (unpaired) electrons. The highest BCUT2D eigenvalue weighted by Crippen LogP contribution is 2.29. The van der Waals surface area contributed by atoms with Crippen molar-refractivity contribution in [1.29, 1.82) is 0 Å². The minimum atomic E-state index is -0.350. The third kappa shape index (κ3) is 5.57. The first kappa shape index (κ1) is 20.9. The Bertz CT molecular complexity index is 851. The Morgan fingerprint density at radius 1 is 1.03 bits per heavy atom. The quantitative estimate of drug-likeness (QED) is 0.452. The number of hydrogen-bond acceptors (Lipinski definition) is 4. The minimum absolute atomic E-state index is 0.221. The van der Waals surface area contributed by atoms with Gasteiger partial charge in [-0.05, 0) is 66.9 Å². The number of carbonyl (C=O) groups excluding carboxylic acids is 2. The zero-order valence-electron chi connectivity index (χ0n) is 16.5. The van der Waals surface area contributed by atoms with Gasteiger partial charge in [-0.25, -0.2) is 0 Å². The van der Waals surface area contributed by atoms with Crippen LogP contribution in [0.25, 0.3) is 0 Å². The van der Waals surface area contributed by atoms with Crippen molar-refractivity contribution in [3.05, 3.63) is 54.0 Å². The standard InChI is InChI=1S/C21H26N4O3S/c1-13-5-3-6-17(14(13)2)23-21(29)25-24-19(26)15-8-10-16(11-9-15)22-20(27)18-7-4-12-28-18/h4,7-14,17H,3,5-6H2,1-2H3,(H,22,27)(H,24,26)(H2,23,25,29)/t13-,14+,17-/m0/s1. The maximum absolute atomic E-state index is 12.3. The molecule has 3 atom stereocenters. The van der Waals surface area contributed by atoms with Gasteiger partial charge < -0.3 is 15.1 Å². The molecule has 154 valence electrons. The van der Waals surface area contributed by atoms with Crippen molar-refractivity contribution in [3.63, 3.8) is 0 Å². The van der Waals surface area contributed by atoms with Crippen LogP contribution in [-0.4, -0.2) is 23.0 Å². The number of nitrogens with one attached hydrogen (secondary N) is 4. The number of furan rings is 1. The third-order valence-corrected chi connectivity index (χ3v) is 5.68. The van der Waals surface area contributed by atoms with Gasteiger partial charge in [0.25, 0.3) is 11.8 Å². The molecule has 1 aliphatic rings. The molecular weight excluding hydrogens is 388 g/mol. The van der Waals surface area contributed by atoms with Crippen LogP contribution in [0.4, 0.5) is 5.69 Å². The maximum atomic E-state index is 12.3. The van der Waals surface area contributed by atoms with Crippen LogP contribution in [-0.2, 0) is 0 Å². The van der Waals surface area contributed by atoms with Gasteiger partial charge in [-0.3, -0.25) is 20.4 Å². The summed E-state index contributed by atoms with van der Waals surface area (Å²) in [6, 6.07) is 10.1. The second-order valence-corrected chi connectivity index (χ2v) is 7.84. The number of benzene rings is 1. The fourth-order valence-corrected chi connectivity index (χ4v) is 3.68. The molecule has 1 heterocycles. The molecule has 4 N–H and O–H groups in total. The molecule has 0 unspecified atom stereocenters. The fourth-order valence-electron chi connectivity index (χ4n) is 3.48. The monoisotopic (exact) mass is 414 g/mol. The lowest BCUT2D eigenvalue weighted by Gasteiger charge is -2.35. The lowest BCUT2D eigenvalue weighted by molar-refractivity contribution is 0.0942. The largest absolute Gasteiger partial charge is 0.459 e. The summed E-state index contributed by atoms with van der Waals surface area (Å²) in [5, 5.41) is 6.41. The molecule has 8 heteroatoms. The van der Waals surface area contributed by atoms with Gasteiger partial charge in [-0.15, -0.1) is 0 Å². The average Bonchev–Trinajstić information content (AvgIpc) is 3.25. The normalized spacial score (nSPS) is 21.1. The topological polar surface area (TPSA) is 95.4 Å². The highest BCUT2D eigenvalue weighted by molar-refractivity contribution is 7.80. The molecule has 0 aliphatic heterocycles. The number of thiocarbonyl (C=S) groups is 1. The first-order chi connectivity index (χ1) is 13.9. The van der Waals surface area contributed by atoms with Crippen LogP contribution >= 0.6 is 12.2 Å².